The van der Waals surface area contributed by atoms with Crippen molar-refractivity contribution in [3.8, 4) is 6.01 Å². The van der Waals surface area contributed by atoms with Gasteiger partial charge in [-0.2, -0.15) is 0 Å². The standard InChI is InChI=1S/C11H12N2O2/c1-15-11-12-6-9(7-13-11)10(14)8-4-2-3-5-8/h4,6-7H,2-3,5H2,1H3. The number of Topliss-reactive ketones (excluding diaryl/α,β-unsaturated/α-hetero) is 1. The molecule has 0 spiro atoms. The van der Waals surface area contributed by atoms with Crippen LogP contribution in [0.2, 0.25) is 0 Å². The van der Waals surface area contributed by atoms with Crippen molar-refractivity contribution < 1.29 is 9.53 Å². The van der Waals surface area contributed by atoms with Crippen LogP contribution in [0, 0.1) is 0 Å². The Bertz CT molecular complexity index is 396. The largest absolute Gasteiger partial charge is 0.467 e. The van der Waals surface area contributed by atoms with Crippen molar-refractivity contribution in [3.05, 3.63) is 29.6 Å². The number of ether oxygens (including phenoxy) is 1. The van der Waals surface area contributed by atoms with Crippen LogP contribution in [0.3, 0.4) is 0 Å². The molecule has 0 saturated heterocycles. The molecule has 1 aliphatic carbocycles. The third-order valence-corrected chi connectivity index (χ3v) is 2.41. The zero-order chi connectivity index (χ0) is 10.7. The van der Waals surface area contributed by atoms with E-state index >= 15 is 0 Å². The van der Waals surface area contributed by atoms with E-state index in [1.54, 1.807) is 0 Å². The van der Waals surface area contributed by atoms with Gasteiger partial charge in [-0.25, -0.2) is 9.97 Å². The number of hydrogen-bond donors (Lipinski definition) is 0. The van der Waals surface area contributed by atoms with Crippen LogP contribution in [0.4, 0.5) is 0 Å². The van der Waals surface area contributed by atoms with E-state index in [1.165, 1.54) is 19.5 Å². The Labute approximate surface area is 88.0 Å². The molecule has 0 unspecified atom stereocenters. The highest BCUT2D eigenvalue weighted by molar-refractivity contribution is 6.08. The zero-order valence-corrected chi connectivity index (χ0v) is 8.56. The highest BCUT2D eigenvalue weighted by Crippen LogP contribution is 2.21. The molecule has 0 atom stereocenters. The lowest BCUT2D eigenvalue weighted by Crippen LogP contribution is -2.03. The van der Waals surface area contributed by atoms with Gasteiger partial charge in [-0.1, -0.05) is 6.08 Å². The Balaban J connectivity index is 2.18. The number of ketones is 1. The maximum Gasteiger partial charge on any atom is 0.316 e. The monoisotopic (exact) mass is 204 g/mol. The fourth-order valence-corrected chi connectivity index (χ4v) is 1.60. The molecule has 0 saturated carbocycles. The van der Waals surface area contributed by atoms with Gasteiger partial charge < -0.3 is 4.74 Å². The molecular weight excluding hydrogens is 192 g/mol. The van der Waals surface area contributed by atoms with E-state index < -0.39 is 0 Å². The molecule has 1 aromatic rings. The maximum absolute atomic E-state index is 11.9. The van der Waals surface area contributed by atoms with Gasteiger partial charge in [0.15, 0.2) is 5.78 Å². The smallest absolute Gasteiger partial charge is 0.316 e. The normalized spacial score (nSPS) is 14.9. The molecule has 0 fully saturated rings. The second-order valence-corrected chi connectivity index (χ2v) is 3.41. The molecule has 1 heterocycles. The number of rotatable bonds is 3. The number of aromatic nitrogens is 2. The molecule has 0 aliphatic heterocycles. The Morgan fingerprint density at radius 2 is 2.13 bits per heavy atom. The first kappa shape index (κ1) is 9.83. The SMILES string of the molecule is COc1ncc(C(=O)C2=CCCC2)cn1. The van der Waals surface area contributed by atoms with Crippen LogP contribution < -0.4 is 4.74 Å². The minimum Gasteiger partial charge on any atom is -0.467 e. The van der Waals surface area contributed by atoms with Gasteiger partial charge in [0, 0.05) is 12.4 Å². The lowest BCUT2D eigenvalue weighted by Gasteiger charge is -2.01. The topological polar surface area (TPSA) is 52.1 Å². The zero-order valence-electron chi connectivity index (χ0n) is 8.56. The van der Waals surface area contributed by atoms with Crippen molar-refractivity contribution in [1.82, 2.24) is 9.97 Å². The van der Waals surface area contributed by atoms with Crippen LogP contribution in [-0.4, -0.2) is 22.9 Å². The molecule has 2 rings (SSSR count). The first-order valence-corrected chi connectivity index (χ1v) is 4.91. The van der Waals surface area contributed by atoms with Crippen molar-refractivity contribution in [1.29, 1.82) is 0 Å². The molecule has 0 aromatic carbocycles. The van der Waals surface area contributed by atoms with Crippen LogP contribution in [0.1, 0.15) is 29.6 Å². The lowest BCUT2D eigenvalue weighted by molar-refractivity contribution is 0.103. The minimum absolute atomic E-state index is 0.0372. The first-order chi connectivity index (χ1) is 7.31. The summed E-state index contributed by atoms with van der Waals surface area (Å²) in [5.41, 5.74) is 1.41. The predicted octanol–water partition coefficient (Wildman–Crippen LogP) is 1.78. The highest BCUT2D eigenvalue weighted by atomic mass is 16.5. The average molecular weight is 204 g/mol. The Morgan fingerprint density at radius 1 is 1.40 bits per heavy atom. The van der Waals surface area contributed by atoms with Gasteiger partial charge in [-0.15, -0.1) is 0 Å². The van der Waals surface area contributed by atoms with Gasteiger partial charge in [0.2, 0.25) is 0 Å². The van der Waals surface area contributed by atoms with E-state index in [1.807, 2.05) is 6.08 Å². The summed E-state index contributed by atoms with van der Waals surface area (Å²) in [6, 6.07) is 0.284. The third-order valence-electron chi connectivity index (χ3n) is 2.41. The summed E-state index contributed by atoms with van der Waals surface area (Å²) >= 11 is 0. The Kier molecular flexibility index (Phi) is 2.76. The van der Waals surface area contributed by atoms with Crippen molar-refractivity contribution in [2.24, 2.45) is 0 Å². The fraction of sp³-hybridized carbons (Fsp3) is 0.364. The quantitative estimate of drug-likeness (QED) is 0.704. The van der Waals surface area contributed by atoms with Crippen LogP contribution in [-0.2, 0) is 0 Å². The summed E-state index contributed by atoms with van der Waals surface area (Å²) in [6.07, 6.45) is 7.94. The number of hydrogen-bond acceptors (Lipinski definition) is 4. The molecule has 1 aromatic heterocycles. The summed E-state index contributed by atoms with van der Waals surface area (Å²) in [5, 5.41) is 0. The molecular formula is C11H12N2O2. The van der Waals surface area contributed by atoms with Gasteiger partial charge in [0.25, 0.3) is 0 Å². The Hall–Kier alpha value is -1.71. The van der Waals surface area contributed by atoms with Gasteiger partial charge in [0.05, 0.1) is 12.7 Å². The Morgan fingerprint density at radius 3 is 2.67 bits per heavy atom. The molecule has 0 N–H and O–H groups in total. The number of carbonyl (C=O) groups is 1. The summed E-state index contributed by atoms with van der Waals surface area (Å²) in [4.78, 5) is 19.7. The van der Waals surface area contributed by atoms with Gasteiger partial charge in [-0.05, 0) is 24.8 Å². The summed E-state index contributed by atoms with van der Waals surface area (Å²) in [6.45, 7) is 0. The van der Waals surface area contributed by atoms with Gasteiger partial charge in [-0.3, -0.25) is 4.79 Å². The summed E-state index contributed by atoms with van der Waals surface area (Å²) in [7, 11) is 1.50. The number of allylic oxidation sites excluding steroid dienone is 2. The second-order valence-electron chi connectivity index (χ2n) is 3.41. The van der Waals surface area contributed by atoms with Gasteiger partial charge >= 0.3 is 6.01 Å². The molecule has 4 heteroatoms. The first-order valence-electron chi connectivity index (χ1n) is 4.91. The lowest BCUT2D eigenvalue weighted by atomic mass is 10.1. The van der Waals surface area contributed by atoms with Gasteiger partial charge in [0.1, 0.15) is 0 Å². The molecule has 0 bridgehead atoms. The summed E-state index contributed by atoms with van der Waals surface area (Å²) in [5.74, 6) is 0.0372. The molecule has 0 amide bonds. The van der Waals surface area contributed by atoms with Crippen LogP contribution >= 0.6 is 0 Å². The van der Waals surface area contributed by atoms with Crippen LogP contribution in [0.15, 0.2) is 24.0 Å². The number of carbonyl (C=O) groups excluding carboxylic acids is 1. The molecule has 78 valence electrons. The number of nitrogens with zero attached hydrogens (tertiary/aromatic N) is 2. The van der Waals surface area contributed by atoms with E-state index in [9.17, 15) is 4.79 Å². The van der Waals surface area contributed by atoms with E-state index in [0.717, 1.165) is 24.8 Å². The maximum atomic E-state index is 11.9. The van der Waals surface area contributed by atoms with Crippen molar-refractivity contribution in [2.45, 2.75) is 19.3 Å². The van der Waals surface area contributed by atoms with Crippen molar-refractivity contribution in [3.63, 3.8) is 0 Å². The third kappa shape index (κ3) is 2.03. The van der Waals surface area contributed by atoms with E-state index in [-0.39, 0.29) is 11.8 Å². The average Bonchev–Trinajstić information content (AvgIpc) is 2.82. The second kappa shape index (κ2) is 4.21. The number of methoxy groups -OCH3 is 1. The van der Waals surface area contributed by atoms with E-state index in [2.05, 4.69) is 9.97 Å². The van der Waals surface area contributed by atoms with Crippen molar-refractivity contribution >= 4 is 5.78 Å². The predicted molar refractivity (Wildman–Crippen MR) is 54.8 cm³/mol. The molecule has 15 heavy (non-hydrogen) atoms. The van der Waals surface area contributed by atoms with E-state index in [0.29, 0.717) is 5.56 Å². The highest BCUT2D eigenvalue weighted by Gasteiger charge is 2.15. The molecule has 4 nitrogen and oxygen atoms in total. The van der Waals surface area contributed by atoms with Crippen molar-refractivity contribution in [2.75, 3.05) is 7.11 Å². The van der Waals surface area contributed by atoms with E-state index in [4.69, 9.17) is 4.74 Å². The van der Waals surface area contributed by atoms with Crippen LogP contribution in [0.25, 0.3) is 0 Å². The molecule has 1 aliphatic rings. The fourth-order valence-electron chi connectivity index (χ4n) is 1.60. The molecule has 0 radical (unpaired) electrons. The minimum atomic E-state index is 0.0372. The summed E-state index contributed by atoms with van der Waals surface area (Å²) < 4.78 is 4.83. The van der Waals surface area contributed by atoms with Crippen LogP contribution in [0.5, 0.6) is 6.01 Å².